The van der Waals surface area contributed by atoms with Crippen molar-refractivity contribution in [2.24, 2.45) is 0 Å². The van der Waals surface area contributed by atoms with Crippen molar-refractivity contribution < 1.29 is 23.9 Å². The van der Waals surface area contributed by atoms with E-state index in [-0.39, 0.29) is 24.8 Å². The Kier molecular flexibility index (Phi) is 6.30. The molecule has 0 N–H and O–H groups in total. The maximum atomic E-state index is 12.7. The van der Waals surface area contributed by atoms with Gasteiger partial charge in [-0.15, -0.1) is 0 Å². The summed E-state index contributed by atoms with van der Waals surface area (Å²) in [6, 6.07) is 6.22. The van der Waals surface area contributed by atoms with Crippen molar-refractivity contribution in [2.75, 3.05) is 25.7 Å². The summed E-state index contributed by atoms with van der Waals surface area (Å²) in [6.45, 7) is 1.43. The van der Waals surface area contributed by atoms with Gasteiger partial charge in [0, 0.05) is 24.7 Å². The zero-order valence-electron chi connectivity index (χ0n) is 13.7. The molecule has 1 aliphatic heterocycles. The molecule has 0 spiro atoms. The maximum Gasteiger partial charge on any atom is 0.257 e. The topological polar surface area (TPSA) is 76.2 Å². The highest BCUT2D eigenvalue weighted by atomic mass is 127. The van der Waals surface area contributed by atoms with Gasteiger partial charge in [0.1, 0.15) is 6.04 Å². The number of nitrogens with zero attached hydrogens (tertiary/aromatic N) is 2. The Labute approximate surface area is 154 Å². The van der Waals surface area contributed by atoms with Gasteiger partial charge in [-0.1, -0.05) is 0 Å². The van der Waals surface area contributed by atoms with Crippen LogP contribution in [0.25, 0.3) is 0 Å². The fourth-order valence-corrected chi connectivity index (χ4v) is 2.96. The number of benzene rings is 1. The number of hydrogen-bond acceptors (Lipinski definition) is 5. The van der Waals surface area contributed by atoms with Crippen molar-refractivity contribution in [2.45, 2.75) is 25.7 Å². The number of hydrogen-bond donors (Lipinski definition) is 0. The standard InChI is InChI=1S/C16H19IN2O5/c1-10(20)18(9-15(23-2)24-3)13-8-14(21)19(16(13)22)12-6-4-11(17)5-7-12/h4-7,13,15H,8-9H2,1-3H3. The molecule has 24 heavy (non-hydrogen) atoms. The van der Waals surface area contributed by atoms with Crippen LogP contribution in [0.2, 0.25) is 0 Å². The highest BCUT2D eigenvalue weighted by molar-refractivity contribution is 14.1. The number of amides is 3. The normalized spacial score (nSPS) is 17.7. The molecule has 0 bridgehead atoms. The lowest BCUT2D eigenvalue weighted by molar-refractivity contribution is -0.150. The van der Waals surface area contributed by atoms with Crippen LogP contribution in [0.4, 0.5) is 5.69 Å². The summed E-state index contributed by atoms with van der Waals surface area (Å²) < 4.78 is 11.2. The van der Waals surface area contributed by atoms with E-state index in [0.29, 0.717) is 5.69 Å². The first-order chi connectivity index (χ1) is 11.4. The maximum absolute atomic E-state index is 12.7. The Bertz CT molecular complexity index is 630. The van der Waals surface area contributed by atoms with E-state index in [4.69, 9.17) is 9.47 Å². The molecule has 130 valence electrons. The molecule has 7 nitrogen and oxygen atoms in total. The molecule has 0 radical (unpaired) electrons. The molecule has 0 aliphatic carbocycles. The van der Waals surface area contributed by atoms with E-state index in [1.165, 1.54) is 26.0 Å². The predicted octanol–water partition coefficient (Wildman–Crippen LogP) is 1.39. The van der Waals surface area contributed by atoms with Gasteiger partial charge in [0.2, 0.25) is 11.8 Å². The first kappa shape index (κ1) is 18.8. The van der Waals surface area contributed by atoms with Gasteiger partial charge in [0.05, 0.1) is 18.7 Å². The average Bonchev–Trinajstić information content (AvgIpc) is 2.84. The van der Waals surface area contributed by atoms with Crippen LogP contribution in [-0.4, -0.2) is 55.7 Å². The van der Waals surface area contributed by atoms with Crippen LogP contribution in [0.3, 0.4) is 0 Å². The molecule has 2 rings (SSSR count). The van der Waals surface area contributed by atoms with Gasteiger partial charge in [0.15, 0.2) is 6.29 Å². The lowest BCUT2D eigenvalue weighted by atomic mass is 10.2. The van der Waals surface area contributed by atoms with E-state index < -0.39 is 18.2 Å². The minimum absolute atomic E-state index is 0.0510. The second-order valence-electron chi connectivity index (χ2n) is 5.34. The minimum atomic E-state index is -0.845. The Hall–Kier alpha value is -1.52. The van der Waals surface area contributed by atoms with E-state index in [9.17, 15) is 14.4 Å². The van der Waals surface area contributed by atoms with Crippen LogP contribution in [-0.2, 0) is 23.9 Å². The largest absolute Gasteiger partial charge is 0.354 e. The van der Waals surface area contributed by atoms with Gasteiger partial charge in [-0.05, 0) is 46.9 Å². The van der Waals surface area contributed by atoms with Crippen molar-refractivity contribution in [3.8, 4) is 0 Å². The van der Waals surface area contributed by atoms with Gasteiger partial charge in [-0.3, -0.25) is 14.4 Å². The monoisotopic (exact) mass is 446 g/mol. The Balaban J connectivity index is 2.24. The third-order valence-electron chi connectivity index (χ3n) is 3.86. The smallest absolute Gasteiger partial charge is 0.257 e. The fourth-order valence-electron chi connectivity index (χ4n) is 2.60. The molecule has 1 aromatic carbocycles. The van der Waals surface area contributed by atoms with E-state index in [0.717, 1.165) is 8.47 Å². The number of rotatable bonds is 6. The highest BCUT2D eigenvalue weighted by Gasteiger charge is 2.44. The molecule has 1 unspecified atom stereocenters. The lowest BCUT2D eigenvalue weighted by Crippen LogP contribution is -2.48. The predicted molar refractivity (Wildman–Crippen MR) is 95.3 cm³/mol. The van der Waals surface area contributed by atoms with Crippen molar-refractivity contribution in [3.63, 3.8) is 0 Å². The summed E-state index contributed by atoms with van der Waals surface area (Å²) in [5.74, 6) is -1.06. The van der Waals surface area contributed by atoms with E-state index >= 15 is 0 Å². The van der Waals surface area contributed by atoms with Crippen LogP contribution in [0.5, 0.6) is 0 Å². The Morgan fingerprint density at radius 1 is 1.29 bits per heavy atom. The van der Waals surface area contributed by atoms with E-state index in [1.54, 1.807) is 12.1 Å². The molecule has 1 heterocycles. The fraction of sp³-hybridized carbons (Fsp3) is 0.438. The molecule has 1 fully saturated rings. The molecule has 0 aromatic heterocycles. The summed E-state index contributed by atoms with van der Waals surface area (Å²) in [5.41, 5.74) is 0.506. The number of carbonyl (C=O) groups is 3. The molecule has 3 amide bonds. The first-order valence-corrected chi connectivity index (χ1v) is 8.42. The van der Waals surface area contributed by atoms with Gasteiger partial charge < -0.3 is 14.4 Å². The quantitative estimate of drug-likeness (QED) is 0.375. The molecule has 1 aromatic rings. The summed E-state index contributed by atoms with van der Waals surface area (Å²) in [6.07, 6.45) is -0.714. The molecule has 8 heteroatoms. The second-order valence-corrected chi connectivity index (χ2v) is 6.58. The van der Waals surface area contributed by atoms with Crippen molar-refractivity contribution >= 4 is 46.0 Å². The third-order valence-corrected chi connectivity index (χ3v) is 4.58. The molecular weight excluding hydrogens is 427 g/mol. The zero-order valence-corrected chi connectivity index (χ0v) is 15.8. The number of anilines is 1. The molecular formula is C16H19IN2O5. The molecule has 1 saturated heterocycles. The van der Waals surface area contributed by atoms with Crippen LogP contribution in [0.1, 0.15) is 13.3 Å². The minimum Gasteiger partial charge on any atom is -0.354 e. The average molecular weight is 446 g/mol. The van der Waals surface area contributed by atoms with Crippen molar-refractivity contribution in [3.05, 3.63) is 27.8 Å². The number of imide groups is 1. The Morgan fingerprint density at radius 2 is 1.88 bits per heavy atom. The Morgan fingerprint density at radius 3 is 2.38 bits per heavy atom. The van der Waals surface area contributed by atoms with Gasteiger partial charge >= 0.3 is 0 Å². The lowest BCUT2D eigenvalue weighted by Gasteiger charge is -2.29. The summed E-state index contributed by atoms with van der Waals surface area (Å²) >= 11 is 2.15. The van der Waals surface area contributed by atoms with E-state index in [1.807, 2.05) is 12.1 Å². The number of ether oxygens (including phenoxy) is 2. The van der Waals surface area contributed by atoms with Crippen LogP contribution >= 0.6 is 22.6 Å². The van der Waals surface area contributed by atoms with Crippen molar-refractivity contribution in [1.29, 1.82) is 0 Å². The summed E-state index contributed by atoms with van der Waals surface area (Å²) in [5, 5.41) is 0. The number of carbonyl (C=O) groups excluding carboxylic acids is 3. The molecule has 1 atom stereocenters. The van der Waals surface area contributed by atoms with Crippen LogP contribution in [0, 0.1) is 3.57 Å². The van der Waals surface area contributed by atoms with Gasteiger partial charge in [-0.2, -0.15) is 0 Å². The molecule has 0 saturated carbocycles. The number of halogens is 1. The van der Waals surface area contributed by atoms with Crippen LogP contribution in [0.15, 0.2) is 24.3 Å². The summed E-state index contributed by atoms with van der Waals surface area (Å²) in [4.78, 5) is 39.5. The molecule has 1 aliphatic rings. The van der Waals surface area contributed by atoms with Gasteiger partial charge in [0.25, 0.3) is 5.91 Å². The van der Waals surface area contributed by atoms with E-state index in [2.05, 4.69) is 22.6 Å². The van der Waals surface area contributed by atoms with Gasteiger partial charge in [-0.25, -0.2) is 4.90 Å². The SMILES string of the molecule is COC(CN(C(C)=O)C1CC(=O)N(c2ccc(I)cc2)C1=O)OC. The second kappa shape index (κ2) is 8.04. The zero-order chi connectivity index (χ0) is 17.9. The van der Waals surface area contributed by atoms with Crippen molar-refractivity contribution in [1.82, 2.24) is 4.90 Å². The number of methoxy groups -OCH3 is 2. The first-order valence-electron chi connectivity index (χ1n) is 7.34. The third kappa shape index (κ3) is 3.93. The summed E-state index contributed by atoms with van der Waals surface area (Å²) in [7, 11) is 2.90. The van der Waals surface area contributed by atoms with Crippen LogP contribution < -0.4 is 4.90 Å². The highest BCUT2D eigenvalue weighted by Crippen LogP contribution is 2.26.